The van der Waals surface area contributed by atoms with Crippen LogP contribution in [0.15, 0.2) is 154 Å². The summed E-state index contributed by atoms with van der Waals surface area (Å²) >= 11 is 1.88. The van der Waals surface area contributed by atoms with Crippen LogP contribution in [0.1, 0.15) is 26.3 Å². The van der Waals surface area contributed by atoms with E-state index in [1.165, 1.54) is 69.6 Å². The van der Waals surface area contributed by atoms with Crippen molar-refractivity contribution in [3.8, 4) is 16.8 Å². The number of hydrogen-bond acceptors (Lipinski definition) is 4. The number of furan rings is 2. The Morgan fingerprint density at radius 2 is 1.17 bits per heavy atom. The van der Waals surface area contributed by atoms with E-state index in [0.29, 0.717) is 0 Å². The van der Waals surface area contributed by atoms with Gasteiger partial charge in [-0.15, -0.1) is 11.3 Å². The van der Waals surface area contributed by atoms with Crippen LogP contribution < -0.4 is 15.7 Å². The van der Waals surface area contributed by atoms with Gasteiger partial charge in [0.15, 0.2) is 0 Å². The molecule has 2 aliphatic rings. The maximum atomic E-state index is 6.66. The van der Waals surface area contributed by atoms with Crippen molar-refractivity contribution < 1.29 is 8.83 Å². The molecule has 0 atom stereocenters. The zero-order valence-electron chi connectivity index (χ0n) is 32.1. The second-order valence-electron chi connectivity index (χ2n) is 17.3. The van der Waals surface area contributed by atoms with E-state index in [0.717, 1.165) is 60.9 Å². The number of thiophene rings is 1. The molecule has 0 bridgehead atoms. The summed E-state index contributed by atoms with van der Waals surface area (Å²) in [5.74, 6) is 0. The molecule has 14 rings (SSSR count). The lowest BCUT2D eigenvalue weighted by Crippen LogP contribution is -2.60. The van der Waals surface area contributed by atoms with Gasteiger partial charge >= 0.3 is 6.85 Å². The lowest BCUT2D eigenvalue weighted by atomic mass is 9.44. The molecule has 58 heavy (non-hydrogen) atoms. The highest BCUT2D eigenvalue weighted by molar-refractivity contribution is 7.25. The van der Waals surface area contributed by atoms with Crippen LogP contribution in [0.3, 0.4) is 0 Å². The number of nitrogens with zero attached hydrogens (tertiary/aromatic N) is 2. The number of fused-ring (bicyclic) bond motifs is 17. The van der Waals surface area contributed by atoms with E-state index in [9.17, 15) is 0 Å². The molecule has 6 heteroatoms. The van der Waals surface area contributed by atoms with Gasteiger partial charge in [0, 0.05) is 87.2 Å². The van der Waals surface area contributed by atoms with Crippen LogP contribution in [0.5, 0.6) is 0 Å². The molecular weight excluding hydrogens is 727 g/mol. The highest BCUT2D eigenvalue weighted by Crippen LogP contribution is 2.49. The van der Waals surface area contributed by atoms with Gasteiger partial charge in [0.25, 0.3) is 0 Å². The third kappa shape index (κ3) is 3.91. The molecule has 2 aliphatic heterocycles. The molecule has 0 saturated heterocycles. The lowest BCUT2D eigenvalue weighted by Gasteiger charge is -2.42. The Hall–Kier alpha value is -6.76. The quantitative estimate of drug-likeness (QED) is 0.156. The van der Waals surface area contributed by atoms with Gasteiger partial charge in [-0.2, -0.15) is 0 Å². The summed E-state index contributed by atoms with van der Waals surface area (Å²) < 4.78 is 18.5. The van der Waals surface area contributed by atoms with Gasteiger partial charge < -0.3 is 18.2 Å². The van der Waals surface area contributed by atoms with Crippen molar-refractivity contribution in [2.75, 3.05) is 4.81 Å². The van der Waals surface area contributed by atoms with Crippen LogP contribution in [-0.2, 0) is 5.41 Å². The minimum Gasteiger partial charge on any atom is -0.456 e. The van der Waals surface area contributed by atoms with Gasteiger partial charge in [-0.1, -0.05) is 106 Å². The standard InChI is InChI=1S/C52H33BN2O2S/c1-52(2,3)28-16-18-29(19-17-28)55-42-25-46-37(30-10-4-7-13-44(30)56-46)22-35(42)33-20-21-34-36-23-39-32-12-6-9-15-48(32)58-49(39)27-41(36)54-43-26-47-38(31-11-5-8-14-45(31)57-47)24-40(43)53(55)50(33)51(34)54/h4-27H,1-3H3. The topological polar surface area (TPSA) is 34.5 Å². The van der Waals surface area contributed by atoms with Crippen LogP contribution in [0, 0.1) is 0 Å². The highest BCUT2D eigenvalue weighted by atomic mass is 32.1. The third-order valence-electron chi connectivity index (χ3n) is 13.1. The van der Waals surface area contributed by atoms with E-state index < -0.39 is 0 Å². The molecule has 0 radical (unpaired) electrons. The normalized spacial score (nSPS) is 13.7. The van der Waals surface area contributed by atoms with Crippen molar-refractivity contribution >= 4 is 126 Å². The number of para-hydroxylation sites is 2. The first kappa shape index (κ1) is 31.3. The Labute approximate surface area is 337 Å². The first-order chi connectivity index (χ1) is 28.4. The predicted molar refractivity (Wildman–Crippen MR) is 246 cm³/mol. The number of hydrogen-bond donors (Lipinski definition) is 0. The molecule has 0 aliphatic carbocycles. The fraction of sp³-hybridized carbons (Fsp3) is 0.0769. The first-order valence-corrected chi connectivity index (χ1v) is 20.9. The summed E-state index contributed by atoms with van der Waals surface area (Å²) in [5, 5.41) is 9.72. The van der Waals surface area contributed by atoms with Gasteiger partial charge in [-0.05, 0) is 76.0 Å². The number of rotatable bonds is 1. The molecule has 0 unspecified atom stereocenters. The molecule has 8 aromatic carbocycles. The van der Waals surface area contributed by atoms with Gasteiger partial charge in [0.05, 0.1) is 11.0 Å². The maximum absolute atomic E-state index is 6.66. The Balaban J connectivity index is 1.17. The highest BCUT2D eigenvalue weighted by Gasteiger charge is 2.44. The smallest absolute Gasteiger partial charge is 0.333 e. The Morgan fingerprint density at radius 1 is 0.500 bits per heavy atom. The van der Waals surface area contributed by atoms with Crippen molar-refractivity contribution in [2.24, 2.45) is 0 Å². The summed E-state index contributed by atoms with van der Waals surface area (Å²) in [6.07, 6.45) is 0. The summed E-state index contributed by atoms with van der Waals surface area (Å²) in [5.41, 5.74) is 16.0. The molecule has 0 saturated carbocycles. The minimum atomic E-state index is -0.125. The summed E-state index contributed by atoms with van der Waals surface area (Å²) in [7, 11) is 0. The van der Waals surface area contributed by atoms with Crippen molar-refractivity contribution in [1.29, 1.82) is 0 Å². The van der Waals surface area contributed by atoms with Crippen LogP contribution >= 0.6 is 11.3 Å². The minimum absolute atomic E-state index is 0.0307. The second kappa shape index (κ2) is 10.6. The van der Waals surface area contributed by atoms with Crippen molar-refractivity contribution in [2.45, 2.75) is 26.2 Å². The van der Waals surface area contributed by atoms with Crippen LogP contribution in [-0.4, -0.2) is 11.4 Å². The van der Waals surface area contributed by atoms with Crippen molar-refractivity contribution in [1.82, 2.24) is 4.57 Å². The Morgan fingerprint density at radius 3 is 1.91 bits per heavy atom. The Bertz CT molecular complexity index is 3800. The van der Waals surface area contributed by atoms with E-state index in [-0.39, 0.29) is 12.3 Å². The molecular formula is C52H33BN2O2S. The van der Waals surface area contributed by atoms with Gasteiger partial charge in [-0.3, -0.25) is 0 Å². The van der Waals surface area contributed by atoms with E-state index in [1.54, 1.807) is 0 Å². The maximum Gasteiger partial charge on any atom is 0.333 e. The zero-order chi connectivity index (χ0) is 38.2. The van der Waals surface area contributed by atoms with Crippen LogP contribution in [0.2, 0.25) is 0 Å². The monoisotopic (exact) mass is 760 g/mol. The van der Waals surface area contributed by atoms with E-state index in [1.807, 2.05) is 11.3 Å². The van der Waals surface area contributed by atoms with Gasteiger partial charge in [0.1, 0.15) is 22.3 Å². The van der Waals surface area contributed by atoms with Crippen LogP contribution in [0.25, 0.3) is 103 Å². The summed E-state index contributed by atoms with van der Waals surface area (Å²) in [4.78, 5) is 2.59. The molecule has 0 N–H and O–H groups in total. The molecule has 0 spiro atoms. The van der Waals surface area contributed by atoms with E-state index in [4.69, 9.17) is 8.83 Å². The SMILES string of the molecule is CC(C)(C)c1ccc(N2B3c4cc5c(cc4-n4c6cc7sc8ccccc8c7cc6c6ccc(c3c64)-c3cc4c(cc32)oc2ccccc24)oc2ccccc25)cc1. The Kier molecular flexibility index (Phi) is 5.73. The zero-order valence-corrected chi connectivity index (χ0v) is 32.9. The average Bonchev–Trinajstić information content (AvgIpc) is 3.99. The predicted octanol–water partition coefficient (Wildman–Crippen LogP) is 13.5. The molecule has 12 aromatic rings. The molecule has 6 heterocycles. The van der Waals surface area contributed by atoms with E-state index >= 15 is 0 Å². The fourth-order valence-electron chi connectivity index (χ4n) is 10.4. The average molecular weight is 761 g/mol. The van der Waals surface area contributed by atoms with Crippen LogP contribution in [0.4, 0.5) is 11.4 Å². The molecule has 0 fully saturated rings. The number of benzene rings is 8. The van der Waals surface area contributed by atoms with Gasteiger partial charge in [-0.25, -0.2) is 0 Å². The fourth-order valence-corrected chi connectivity index (χ4v) is 11.6. The largest absolute Gasteiger partial charge is 0.456 e. The number of anilines is 2. The third-order valence-corrected chi connectivity index (χ3v) is 14.2. The first-order valence-electron chi connectivity index (χ1n) is 20.1. The molecule has 4 aromatic heterocycles. The summed E-state index contributed by atoms with van der Waals surface area (Å²) in [6, 6.07) is 54.1. The lowest BCUT2D eigenvalue weighted by molar-refractivity contribution is 0.590. The molecule has 272 valence electrons. The van der Waals surface area contributed by atoms with Crippen molar-refractivity contribution in [3.05, 3.63) is 151 Å². The summed E-state index contributed by atoms with van der Waals surface area (Å²) in [6.45, 7) is 6.73. The van der Waals surface area contributed by atoms with Crippen molar-refractivity contribution in [3.63, 3.8) is 0 Å². The number of aromatic nitrogens is 1. The molecule has 0 amide bonds. The van der Waals surface area contributed by atoms with Gasteiger partial charge in [0.2, 0.25) is 0 Å². The van der Waals surface area contributed by atoms with E-state index in [2.05, 4.69) is 176 Å². The second-order valence-corrected chi connectivity index (χ2v) is 18.3. The molecule has 4 nitrogen and oxygen atoms in total.